The minimum atomic E-state index is 0. The quantitative estimate of drug-likeness (QED) is 0.314. The van der Waals surface area contributed by atoms with Crippen molar-refractivity contribution >= 4 is 51.4 Å². The Morgan fingerprint density at radius 3 is 2.43 bits per heavy atom. The SMILES string of the molecule is Nn1cnnn1.[KH]. The maximum atomic E-state index is 4.96. The molecule has 0 aliphatic heterocycles. The van der Waals surface area contributed by atoms with Gasteiger partial charge in [0.25, 0.3) is 0 Å². The number of nitrogens with zero attached hydrogens (tertiary/aromatic N) is 4. The molecule has 5 nitrogen and oxygen atoms in total. The van der Waals surface area contributed by atoms with Gasteiger partial charge in [0.1, 0.15) is 0 Å². The Morgan fingerprint density at radius 2 is 2.29 bits per heavy atom. The van der Waals surface area contributed by atoms with Crippen LogP contribution in [0.15, 0.2) is 6.33 Å². The van der Waals surface area contributed by atoms with Gasteiger partial charge in [-0.1, -0.05) is 0 Å². The van der Waals surface area contributed by atoms with Gasteiger partial charge >= 0.3 is 51.4 Å². The van der Waals surface area contributed by atoms with E-state index in [-0.39, 0.29) is 51.4 Å². The molecule has 2 N–H and O–H groups in total. The minimum absolute atomic E-state index is 0. The third-order valence-corrected chi connectivity index (χ3v) is 0.365. The second kappa shape index (κ2) is 3.50. The normalized spacial score (nSPS) is 7.43. The molecule has 0 spiro atoms. The summed E-state index contributed by atoms with van der Waals surface area (Å²) in [6, 6.07) is 0. The Bertz CT molecular complexity index is 112. The second-order valence-corrected chi connectivity index (χ2v) is 0.790. The molecule has 0 aliphatic rings. The van der Waals surface area contributed by atoms with Crippen molar-refractivity contribution in [2.45, 2.75) is 0 Å². The van der Waals surface area contributed by atoms with E-state index in [1.807, 2.05) is 0 Å². The average molecular weight is 125 g/mol. The molecule has 0 saturated carbocycles. The molecule has 1 aromatic rings. The fourth-order valence-corrected chi connectivity index (χ4v) is 0.168. The number of rotatable bonds is 0. The van der Waals surface area contributed by atoms with E-state index in [0.29, 0.717) is 0 Å². The Hall–Kier alpha value is 0.506. The summed E-state index contributed by atoms with van der Waals surface area (Å²) in [5.74, 6) is 4.96. The fourth-order valence-electron chi connectivity index (χ4n) is 0.168. The van der Waals surface area contributed by atoms with Crippen LogP contribution >= 0.6 is 0 Å². The molecule has 0 unspecified atom stereocenters. The molecule has 0 bridgehead atoms. The topological polar surface area (TPSA) is 69.6 Å². The van der Waals surface area contributed by atoms with Gasteiger partial charge in [-0.15, -0.1) is 9.89 Å². The van der Waals surface area contributed by atoms with Crippen molar-refractivity contribution in [1.82, 2.24) is 20.3 Å². The molecule has 0 aliphatic carbocycles. The zero-order valence-corrected chi connectivity index (χ0v) is 2.94. The number of hydrogen-bond acceptors (Lipinski definition) is 4. The first-order chi connectivity index (χ1) is 2.89. The monoisotopic (exact) mass is 125 g/mol. The molecular weight excluding hydrogens is 121 g/mol. The Balaban J connectivity index is 0.000000360. The molecule has 34 valence electrons. The van der Waals surface area contributed by atoms with Crippen LogP contribution in [-0.2, 0) is 0 Å². The molecule has 0 atom stereocenters. The number of nitrogen functional groups attached to an aromatic ring is 1. The van der Waals surface area contributed by atoms with Crippen LogP contribution in [0.2, 0.25) is 0 Å². The summed E-state index contributed by atoms with van der Waals surface area (Å²) < 4.78 is 0. The van der Waals surface area contributed by atoms with E-state index in [1.165, 1.54) is 6.33 Å². The van der Waals surface area contributed by atoms with Crippen LogP contribution in [0.5, 0.6) is 0 Å². The van der Waals surface area contributed by atoms with Crippen molar-refractivity contribution in [2.24, 2.45) is 0 Å². The van der Waals surface area contributed by atoms with E-state index in [9.17, 15) is 0 Å². The van der Waals surface area contributed by atoms with Gasteiger partial charge in [0.15, 0.2) is 6.33 Å². The van der Waals surface area contributed by atoms with Crippen LogP contribution in [0.1, 0.15) is 0 Å². The van der Waals surface area contributed by atoms with Gasteiger partial charge < -0.3 is 5.84 Å². The number of tetrazole rings is 1. The summed E-state index contributed by atoms with van der Waals surface area (Å²) in [4.78, 5) is 1.03. The standard InChI is InChI=1S/CH3N5.K.H/c2-6-1-3-4-5-6;;/h1H,2H2;;. The van der Waals surface area contributed by atoms with Gasteiger partial charge in [-0.05, 0) is 10.4 Å². The molecule has 0 radical (unpaired) electrons. The van der Waals surface area contributed by atoms with Crippen molar-refractivity contribution < 1.29 is 0 Å². The van der Waals surface area contributed by atoms with E-state index < -0.39 is 0 Å². The zero-order valence-electron chi connectivity index (χ0n) is 2.94. The van der Waals surface area contributed by atoms with Gasteiger partial charge in [-0.3, -0.25) is 0 Å². The van der Waals surface area contributed by atoms with E-state index in [0.717, 1.165) is 4.79 Å². The van der Waals surface area contributed by atoms with Gasteiger partial charge in [0, 0.05) is 0 Å². The van der Waals surface area contributed by atoms with Crippen molar-refractivity contribution in [3.63, 3.8) is 0 Å². The summed E-state index contributed by atoms with van der Waals surface area (Å²) in [7, 11) is 0. The van der Waals surface area contributed by atoms with Crippen LogP contribution in [0.25, 0.3) is 0 Å². The summed E-state index contributed by atoms with van der Waals surface area (Å²) in [5, 5.41) is 9.71. The fraction of sp³-hybridized carbons (Fsp3) is 0. The van der Waals surface area contributed by atoms with E-state index >= 15 is 0 Å². The van der Waals surface area contributed by atoms with Gasteiger partial charge in [0.2, 0.25) is 0 Å². The molecule has 1 rings (SSSR count). The Labute approximate surface area is 82.6 Å². The summed E-state index contributed by atoms with van der Waals surface area (Å²) >= 11 is 0. The summed E-state index contributed by atoms with van der Waals surface area (Å²) in [6.07, 6.45) is 1.31. The van der Waals surface area contributed by atoms with Crippen LogP contribution in [0.4, 0.5) is 0 Å². The molecule has 0 amide bonds. The van der Waals surface area contributed by atoms with E-state index in [2.05, 4.69) is 15.5 Å². The molecule has 6 heteroatoms. The molecule has 1 heterocycles. The summed E-state index contributed by atoms with van der Waals surface area (Å²) in [6.45, 7) is 0. The number of nitrogens with two attached hydrogens (primary N) is 1. The first kappa shape index (κ1) is 7.51. The van der Waals surface area contributed by atoms with Crippen LogP contribution in [0, 0.1) is 0 Å². The zero-order chi connectivity index (χ0) is 4.41. The number of aromatic nitrogens is 4. The Morgan fingerprint density at radius 1 is 1.57 bits per heavy atom. The average Bonchev–Trinajstić information content (AvgIpc) is 1.86. The van der Waals surface area contributed by atoms with Crippen molar-refractivity contribution in [1.29, 1.82) is 0 Å². The molecular formula is CH4KN5. The van der Waals surface area contributed by atoms with Gasteiger partial charge in [-0.2, -0.15) is 0 Å². The molecule has 0 aromatic carbocycles. The maximum absolute atomic E-state index is 4.96. The molecule has 1 aromatic heterocycles. The Kier molecular flexibility index (Phi) is 3.75. The first-order valence-corrected chi connectivity index (χ1v) is 1.37. The van der Waals surface area contributed by atoms with Gasteiger partial charge in [-0.25, -0.2) is 0 Å². The predicted molar refractivity (Wildman–Crippen MR) is 25.1 cm³/mol. The molecule has 0 saturated heterocycles. The molecule has 0 fully saturated rings. The summed E-state index contributed by atoms with van der Waals surface area (Å²) in [5.41, 5.74) is 0. The second-order valence-electron chi connectivity index (χ2n) is 0.790. The number of hydrogen-bond donors (Lipinski definition) is 1. The van der Waals surface area contributed by atoms with Gasteiger partial charge in [0.05, 0.1) is 0 Å². The van der Waals surface area contributed by atoms with Crippen LogP contribution < -0.4 is 5.84 Å². The van der Waals surface area contributed by atoms with Crippen molar-refractivity contribution in [3.05, 3.63) is 6.33 Å². The third kappa shape index (κ3) is 2.34. The van der Waals surface area contributed by atoms with Crippen molar-refractivity contribution in [2.75, 3.05) is 5.84 Å². The third-order valence-electron chi connectivity index (χ3n) is 0.365. The first-order valence-electron chi connectivity index (χ1n) is 1.37. The van der Waals surface area contributed by atoms with Crippen LogP contribution in [-0.4, -0.2) is 71.7 Å². The van der Waals surface area contributed by atoms with E-state index in [1.54, 1.807) is 0 Å². The predicted octanol–water partition coefficient (Wildman–Crippen LogP) is -2.26. The van der Waals surface area contributed by atoms with Crippen molar-refractivity contribution in [3.8, 4) is 0 Å². The van der Waals surface area contributed by atoms with Crippen LogP contribution in [0.3, 0.4) is 0 Å². The molecule has 7 heavy (non-hydrogen) atoms. The van der Waals surface area contributed by atoms with E-state index in [4.69, 9.17) is 5.84 Å².